The minimum Gasteiger partial charge on any atom is -0.463 e. The van der Waals surface area contributed by atoms with Crippen LogP contribution in [0.1, 0.15) is 6.92 Å². The number of rotatable bonds is 26. The molecule has 0 aromatic heterocycles. The third-order valence-corrected chi connectivity index (χ3v) is 3.37. The van der Waals surface area contributed by atoms with E-state index in [1.807, 2.05) is 0 Å². The summed E-state index contributed by atoms with van der Waals surface area (Å²) in [6.07, 6.45) is 1.71. The normalized spacial score (nSPS) is 11.0. The average Bonchev–Trinajstić information content (AvgIpc) is 2.76. The first kappa shape index (κ1) is 29.9. The molecule has 184 valence electrons. The van der Waals surface area contributed by atoms with E-state index in [-0.39, 0.29) is 12.6 Å². The molecule has 0 aliphatic carbocycles. The zero-order valence-electron chi connectivity index (χ0n) is 18.9. The predicted octanol–water partition coefficient (Wildman–Crippen LogP) is 0.868. The topological polar surface area (TPSA) is 100 Å². The van der Waals surface area contributed by atoms with E-state index in [1.54, 1.807) is 6.08 Å². The van der Waals surface area contributed by atoms with Crippen molar-refractivity contribution in [2.24, 2.45) is 0 Å². The van der Waals surface area contributed by atoms with Gasteiger partial charge in [-0.15, -0.1) is 6.58 Å². The zero-order valence-corrected chi connectivity index (χ0v) is 18.9. The Hall–Kier alpha value is -1.11. The minimum absolute atomic E-state index is 0.264. The second kappa shape index (κ2) is 26.9. The molecule has 10 nitrogen and oxygen atoms in total. The van der Waals surface area contributed by atoms with Gasteiger partial charge < -0.3 is 42.6 Å². The Bertz CT molecular complexity index is 381. The minimum atomic E-state index is -0.307. The molecule has 0 bridgehead atoms. The van der Waals surface area contributed by atoms with Crippen LogP contribution in [0.5, 0.6) is 0 Å². The lowest BCUT2D eigenvalue weighted by Crippen LogP contribution is -2.15. The van der Waals surface area contributed by atoms with Gasteiger partial charge in [0.2, 0.25) is 0 Å². The van der Waals surface area contributed by atoms with Crippen LogP contribution in [0.25, 0.3) is 0 Å². The van der Waals surface area contributed by atoms with Crippen molar-refractivity contribution in [2.45, 2.75) is 6.92 Å². The molecular weight excluding hydrogens is 412 g/mol. The van der Waals surface area contributed by atoms with Crippen molar-refractivity contribution in [3.63, 3.8) is 0 Å². The summed E-state index contributed by atoms with van der Waals surface area (Å²) < 4.78 is 47.4. The Labute approximate surface area is 186 Å². The van der Waals surface area contributed by atoms with Gasteiger partial charge in [-0.2, -0.15) is 0 Å². The standard InChI is InChI=1S/C21H40O10/c1-3-4-23-5-6-24-7-8-25-9-10-26-11-12-27-13-14-28-15-16-29-17-18-30-19-20-31-21(2)22/h3H,1,4-20H2,2H3. The molecule has 0 N–H and O–H groups in total. The molecule has 0 aliphatic heterocycles. The lowest BCUT2D eigenvalue weighted by molar-refractivity contribution is -0.142. The van der Waals surface area contributed by atoms with Gasteiger partial charge in [0.1, 0.15) is 6.61 Å². The summed E-state index contributed by atoms with van der Waals surface area (Å²) in [6.45, 7) is 13.3. The highest BCUT2D eigenvalue weighted by Crippen LogP contribution is 1.86. The Morgan fingerprint density at radius 3 is 1.03 bits per heavy atom. The van der Waals surface area contributed by atoms with Crippen molar-refractivity contribution in [3.05, 3.63) is 12.7 Å². The average molecular weight is 453 g/mol. The highest BCUT2D eigenvalue weighted by molar-refractivity contribution is 5.65. The van der Waals surface area contributed by atoms with Crippen molar-refractivity contribution < 1.29 is 47.4 Å². The van der Waals surface area contributed by atoms with Crippen LogP contribution >= 0.6 is 0 Å². The van der Waals surface area contributed by atoms with Gasteiger partial charge in [-0.3, -0.25) is 4.79 Å². The molecule has 10 heteroatoms. The van der Waals surface area contributed by atoms with Crippen LogP contribution in [0.2, 0.25) is 0 Å². The number of hydrogen-bond donors (Lipinski definition) is 0. The Morgan fingerprint density at radius 1 is 0.516 bits per heavy atom. The summed E-state index contributed by atoms with van der Waals surface area (Å²) in [5, 5.41) is 0. The van der Waals surface area contributed by atoms with Crippen LogP contribution in [-0.2, 0) is 47.4 Å². The van der Waals surface area contributed by atoms with Gasteiger partial charge in [0, 0.05) is 6.92 Å². The largest absolute Gasteiger partial charge is 0.463 e. The first-order valence-electron chi connectivity index (χ1n) is 10.6. The van der Waals surface area contributed by atoms with Crippen molar-refractivity contribution in [3.8, 4) is 0 Å². The van der Waals surface area contributed by atoms with Gasteiger partial charge in [-0.1, -0.05) is 6.08 Å². The van der Waals surface area contributed by atoms with Gasteiger partial charge in [0.25, 0.3) is 0 Å². The molecule has 0 aliphatic rings. The maximum atomic E-state index is 10.5. The van der Waals surface area contributed by atoms with Crippen molar-refractivity contribution in [1.82, 2.24) is 0 Å². The van der Waals surface area contributed by atoms with E-state index >= 15 is 0 Å². The number of carbonyl (C=O) groups is 1. The molecule has 0 aromatic carbocycles. The van der Waals surface area contributed by atoms with Gasteiger partial charge >= 0.3 is 5.97 Å². The fourth-order valence-corrected chi connectivity index (χ4v) is 1.95. The first-order valence-corrected chi connectivity index (χ1v) is 10.6. The molecule has 0 amide bonds. The third kappa shape index (κ3) is 28.9. The predicted molar refractivity (Wildman–Crippen MR) is 113 cm³/mol. The van der Waals surface area contributed by atoms with E-state index in [1.165, 1.54) is 6.92 Å². The van der Waals surface area contributed by atoms with Crippen LogP contribution in [0.15, 0.2) is 12.7 Å². The lowest BCUT2D eigenvalue weighted by atomic mass is 10.6. The molecule has 31 heavy (non-hydrogen) atoms. The summed E-state index contributed by atoms with van der Waals surface area (Å²) in [7, 11) is 0. The highest BCUT2D eigenvalue weighted by Gasteiger charge is 1.95. The molecule has 0 spiro atoms. The maximum absolute atomic E-state index is 10.5. The highest BCUT2D eigenvalue weighted by atomic mass is 16.6. The van der Waals surface area contributed by atoms with E-state index in [2.05, 4.69) is 6.58 Å². The maximum Gasteiger partial charge on any atom is 0.302 e. The van der Waals surface area contributed by atoms with Crippen molar-refractivity contribution >= 4 is 5.97 Å². The zero-order chi connectivity index (χ0) is 22.7. The summed E-state index contributed by atoms with van der Waals surface area (Å²) in [6, 6.07) is 0. The molecule has 0 aromatic rings. The van der Waals surface area contributed by atoms with E-state index in [9.17, 15) is 4.79 Å². The molecule has 0 rings (SSSR count). The van der Waals surface area contributed by atoms with E-state index in [0.29, 0.717) is 106 Å². The van der Waals surface area contributed by atoms with Crippen LogP contribution in [0, 0.1) is 0 Å². The molecule has 0 saturated heterocycles. The fraction of sp³-hybridized carbons (Fsp3) is 0.857. The van der Waals surface area contributed by atoms with Crippen LogP contribution in [0.4, 0.5) is 0 Å². The fourth-order valence-electron chi connectivity index (χ4n) is 1.95. The molecule has 0 fully saturated rings. The molecule has 0 saturated carbocycles. The van der Waals surface area contributed by atoms with E-state index in [0.717, 1.165) is 0 Å². The van der Waals surface area contributed by atoms with Crippen LogP contribution in [-0.4, -0.2) is 118 Å². The van der Waals surface area contributed by atoms with Gasteiger partial charge in [-0.05, 0) is 0 Å². The third-order valence-electron chi connectivity index (χ3n) is 3.37. The smallest absolute Gasteiger partial charge is 0.302 e. The Kier molecular flexibility index (Phi) is 26.0. The lowest BCUT2D eigenvalue weighted by Gasteiger charge is -2.08. The van der Waals surface area contributed by atoms with Crippen molar-refractivity contribution in [1.29, 1.82) is 0 Å². The molecule has 0 atom stereocenters. The van der Waals surface area contributed by atoms with Gasteiger partial charge in [-0.25, -0.2) is 0 Å². The molecule has 0 radical (unpaired) electrons. The first-order chi connectivity index (χ1) is 15.3. The van der Waals surface area contributed by atoms with Gasteiger partial charge in [0.15, 0.2) is 0 Å². The Balaban J connectivity index is 3.00. The SMILES string of the molecule is C=CCOCCOCCOCCOCCOCCOCCOCCOCCOC(C)=O. The summed E-state index contributed by atoms with van der Waals surface area (Å²) in [5.74, 6) is -0.307. The van der Waals surface area contributed by atoms with Crippen LogP contribution in [0.3, 0.4) is 0 Å². The quantitative estimate of drug-likeness (QED) is 0.107. The summed E-state index contributed by atoms with van der Waals surface area (Å²) >= 11 is 0. The number of carbonyl (C=O) groups excluding carboxylic acids is 1. The summed E-state index contributed by atoms with van der Waals surface area (Å²) in [4.78, 5) is 10.5. The Morgan fingerprint density at radius 2 is 0.774 bits per heavy atom. The second-order valence-corrected chi connectivity index (χ2v) is 5.99. The van der Waals surface area contributed by atoms with Crippen LogP contribution < -0.4 is 0 Å². The molecule has 0 heterocycles. The number of hydrogen-bond acceptors (Lipinski definition) is 10. The number of ether oxygens (including phenoxy) is 9. The van der Waals surface area contributed by atoms with E-state index < -0.39 is 0 Å². The van der Waals surface area contributed by atoms with E-state index in [4.69, 9.17) is 42.6 Å². The van der Waals surface area contributed by atoms with Gasteiger partial charge in [0.05, 0.1) is 106 Å². The molecule has 0 unspecified atom stereocenters. The number of esters is 1. The van der Waals surface area contributed by atoms with Crippen molar-refractivity contribution in [2.75, 3.05) is 112 Å². The molecular formula is C21H40O10. The summed E-state index contributed by atoms with van der Waals surface area (Å²) in [5.41, 5.74) is 0. The monoisotopic (exact) mass is 452 g/mol. The second-order valence-electron chi connectivity index (χ2n) is 5.99.